The lowest BCUT2D eigenvalue weighted by atomic mass is 9.74. The van der Waals surface area contributed by atoms with Crippen molar-refractivity contribution >= 4 is 5.91 Å². The summed E-state index contributed by atoms with van der Waals surface area (Å²) in [6.07, 6.45) is 9.25. The van der Waals surface area contributed by atoms with Crippen LogP contribution >= 0.6 is 0 Å². The Bertz CT molecular complexity index is 883. The van der Waals surface area contributed by atoms with Gasteiger partial charge in [0.25, 0.3) is 5.91 Å². The molecule has 3 aliphatic rings. The minimum absolute atomic E-state index is 0.00946. The summed E-state index contributed by atoms with van der Waals surface area (Å²) in [4.78, 5) is 20.0. The number of hydrogen-bond donors (Lipinski definition) is 0. The summed E-state index contributed by atoms with van der Waals surface area (Å²) in [6.45, 7) is 5.69. The van der Waals surface area contributed by atoms with Crippen molar-refractivity contribution in [1.29, 1.82) is 0 Å². The third-order valence-electron chi connectivity index (χ3n) is 6.91. The SMILES string of the molecule is CCn1ccc(C(=O)N2CCCC(CC3CC3)(c3noc(C4CCOCC4)n3)C2)n1. The van der Waals surface area contributed by atoms with Gasteiger partial charge in [-0.1, -0.05) is 18.0 Å². The predicted molar refractivity (Wildman–Crippen MR) is 109 cm³/mol. The number of aromatic nitrogens is 4. The number of nitrogens with zero attached hydrogens (tertiary/aromatic N) is 5. The van der Waals surface area contributed by atoms with Gasteiger partial charge >= 0.3 is 0 Å². The number of aryl methyl sites for hydroxylation is 1. The molecule has 2 saturated heterocycles. The molecule has 30 heavy (non-hydrogen) atoms. The van der Waals surface area contributed by atoms with E-state index in [1.54, 1.807) is 4.68 Å². The molecule has 2 aromatic rings. The van der Waals surface area contributed by atoms with Crippen molar-refractivity contribution in [3.8, 4) is 0 Å². The second-order valence-corrected chi connectivity index (χ2v) is 9.16. The van der Waals surface area contributed by atoms with Crippen molar-refractivity contribution in [1.82, 2.24) is 24.8 Å². The van der Waals surface area contributed by atoms with Crippen LogP contribution in [0.5, 0.6) is 0 Å². The molecule has 1 unspecified atom stereocenters. The number of carbonyl (C=O) groups excluding carboxylic acids is 1. The molecule has 8 heteroatoms. The average molecular weight is 414 g/mol. The Balaban J connectivity index is 1.39. The topological polar surface area (TPSA) is 86.3 Å². The molecule has 1 saturated carbocycles. The molecule has 2 aliphatic heterocycles. The number of likely N-dealkylation sites (tertiary alicyclic amines) is 1. The fraction of sp³-hybridized carbons (Fsp3) is 0.727. The van der Waals surface area contributed by atoms with Crippen LogP contribution in [0.3, 0.4) is 0 Å². The van der Waals surface area contributed by atoms with Gasteiger partial charge in [-0.3, -0.25) is 9.48 Å². The van der Waals surface area contributed by atoms with E-state index in [-0.39, 0.29) is 17.2 Å². The Morgan fingerprint density at radius 3 is 2.83 bits per heavy atom. The Morgan fingerprint density at radius 2 is 2.10 bits per heavy atom. The van der Waals surface area contributed by atoms with Crippen LogP contribution in [0, 0.1) is 5.92 Å². The maximum atomic E-state index is 13.2. The molecule has 3 fully saturated rings. The summed E-state index contributed by atoms with van der Waals surface area (Å²) in [7, 11) is 0. The van der Waals surface area contributed by atoms with E-state index in [0.717, 1.165) is 70.1 Å². The van der Waals surface area contributed by atoms with Crippen LogP contribution in [0.15, 0.2) is 16.8 Å². The summed E-state index contributed by atoms with van der Waals surface area (Å²) in [5.41, 5.74) is 0.310. The van der Waals surface area contributed by atoms with Gasteiger partial charge in [0.2, 0.25) is 5.89 Å². The highest BCUT2D eigenvalue weighted by molar-refractivity contribution is 5.92. The summed E-state index contributed by atoms with van der Waals surface area (Å²) < 4.78 is 13.0. The number of amides is 1. The van der Waals surface area contributed by atoms with Crippen LogP contribution < -0.4 is 0 Å². The number of rotatable bonds is 6. The normalized spacial score (nSPS) is 25.6. The zero-order chi connectivity index (χ0) is 20.6. The van der Waals surface area contributed by atoms with E-state index in [2.05, 4.69) is 10.3 Å². The zero-order valence-corrected chi connectivity index (χ0v) is 17.8. The summed E-state index contributed by atoms with van der Waals surface area (Å²) >= 11 is 0. The molecule has 162 valence electrons. The van der Waals surface area contributed by atoms with E-state index >= 15 is 0 Å². The molecule has 0 aromatic carbocycles. The standard InChI is InChI=1S/C22H31N5O3/c1-2-27-11-6-18(24-27)20(28)26-10-3-9-22(15-26,14-16-4-5-16)21-23-19(30-25-21)17-7-12-29-13-8-17/h6,11,16-17H,2-5,7-10,12-15H2,1H3. The first-order valence-corrected chi connectivity index (χ1v) is 11.4. The van der Waals surface area contributed by atoms with Gasteiger partial charge in [-0.05, 0) is 51.0 Å². The molecular formula is C22H31N5O3. The van der Waals surface area contributed by atoms with Crippen LogP contribution in [0.4, 0.5) is 0 Å². The Hall–Kier alpha value is -2.22. The smallest absolute Gasteiger partial charge is 0.274 e. The van der Waals surface area contributed by atoms with Crippen molar-refractivity contribution in [3.63, 3.8) is 0 Å². The molecule has 0 spiro atoms. The van der Waals surface area contributed by atoms with Crippen molar-refractivity contribution in [2.75, 3.05) is 26.3 Å². The first-order valence-electron chi connectivity index (χ1n) is 11.4. The lowest BCUT2D eigenvalue weighted by molar-refractivity contribution is 0.0600. The number of carbonyl (C=O) groups is 1. The number of hydrogen-bond acceptors (Lipinski definition) is 6. The summed E-state index contributed by atoms with van der Waals surface area (Å²) in [5, 5.41) is 8.89. The van der Waals surface area contributed by atoms with Crippen LogP contribution in [-0.4, -0.2) is 57.0 Å². The third-order valence-corrected chi connectivity index (χ3v) is 6.91. The maximum Gasteiger partial charge on any atom is 0.274 e. The zero-order valence-electron chi connectivity index (χ0n) is 17.8. The van der Waals surface area contributed by atoms with Crippen molar-refractivity contribution in [3.05, 3.63) is 29.7 Å². The number of ether oxygens (including phenoxy) is 1. The minimum atomic E-state index is -0.213. The van der Waals surface area contributed by atoms with E-state index in [1.807, 2.05) is 24.1 Å². The highest BCUT2D eigenvalue weighted by Gasteiger charge is 2.46. The molecule has 2 aromatic heterocycles. The average Bonchev–Trinajstić information content (AvgIpc) is 3.27. The molecule has 1 atom stereocenters. The lowest BCUT2D eigenvalue weighted by Gasteiger charge is -2.41. The fourth-order valence-electron chi connectivity index (χ4n) is 4.99. The van der Waals surface area contributed by atoms with E-state index in [9.17, 15) is 4.79 Å². The second kappa shape index (κ2) is 8.13. The Morgan fingerprint density at radius 1 is 1.27 bits per heavy atom. The quantitative estimate of drug-likeness (QED) is 0.723. The van der Waals surface area contributed by atoms with Gasteiger partial charge in [-0.25, -0.2) is 0 Å². The monoisotopic (exact) mass is 413 g/mol. The van der Waals surface area contributed by atoms with Crippen LogP contribution in [0.25, 0.3) is 0 Å². The molecule has 1 aliphatic carbocycles. The lowest BCUT2D eigenvalue weighted by Crippen LogP contribution is -2.49. The molecule has 5 rings (SSSR count). The van der Waals surface area contributed by atoms with Crippen LogP contribution in [0.1, 0.15) is 80.0 Å². The van der Waals surface area contributed by atoms with E-state index in [0.29, 0.717) is 18.2 Å². The maximum absolute atomic E-state index is 13.2. The second-order valence-electron chi connectivity index (χ2n) is 9.16. The molecular weight excluding hydrogens is 382 g/mol. The highest BCUT2D eigenvalue weighted by atomic mass is 16.5. The first kappa shape index (κ1) is 19.7. The van der Waals surface area contributed by atoms with E-state index in [4.69, 9.17) is 14.2 Å². The van der Waals surface area contributed by atoms with Gasteiger partial charge in [0.1, 0.15) is 5.69 Å². The molecule has 1 amide bonds. The summed E-state index contributed by atoms with van der Waals surface area (Å²) in [6, 6.07) is 1.82. The molecule has 0 N–H and O–H groups in total. The van der Waals surface area contributed by atoms with Gasteiger partial charge in [0.15, 0.2) is 5.82 Å². The molecule has 0 bridgehead atoms. The van der Waals surface area contributed by atoms with Gasteiger partial charge in [-0.15, -0.1) is 0 Å². The van der Waals surface area contributed by atoms with Crippen molar-refractivity contribution in [2.45, 2.75) is 69.7 Å². The highest BCUT2D eigenvalue weighted by Crippen LogP contribution is 2.46. The van der Waals surface area contributed by atoms with Gasteiger partial charge in [-0.2, -0.15) is 10.1 Å². The van der Waals surface area contributed by atoms with Crippen LogP contribution in [0.2, 0.25) is 0 Å². The molecule has 4 heterocycles. The molecule has 0 radical (unpaired) electrons. The predicted octanol–water partition coefficient (Wildman–Crippen LogP) is 3.15. The third kappa shape index (κ3) is 3.89. The summed E-state index contributed by atoms with van der Waals surface area (Å²) in [5.74, 6) is 2.55. The van der Waals surface area contributed by atoms with Crippen LogP contribution in [-0.2, 0) is 16.7 Å². The van der Waals surface area contributed by atoms with Gasteiger partial charge in [0.05, 0.1) is 5.41 Å². The minimum Gasteiger partial charge on any atom is -0.381 e. The van der Waals surface area contributed by atoms with Gasteiger partial charge in [0, 0.05) is 45.0 Å². The van der Waals surface area contributed by atoms with Gasteiger partial charge < -0.3 is 14.2 Å². The van der Waals surface area contributed by atoms with E-state index in [1.165, 1.54) is 12.8 Å². The van der Waals surface area contributed by atoms with E-state index < -0.39 is 0 Å². The van der Waals surface area contributed by atoms with Crippen molar-refractivity contribution < 1.29 is 14.1 Å². The fourth-order valence-corrected chi connectivity index (χ4v) is 4.99. The Kier molecular flexibility index (Phi) is 5.35. The van der Waals surface area contributed by atoms with Crippen molar-refractivity contribution in [2.24, 2.45) is 5.92 Å². The first-order chi connectivity index (χ1) is 14.7. The largest absolute Gasteiger partial charge is 0.381 e. The molecule has 8 nitrogen and oxygen atoms in total. The number of piperidine rings is 1. The Labute approximate surface area is 177 Å².